The van der Waals surface area contributed by atoms with Gasteiger partial charge in [-0.05, 0) is 23.8 Å². The molecule has 3 aromatic rings. The first kappa shape index (κ1) is 17.7. The Labute approximate surface area is 167 Å². The van der Waals surface area contributed by atoms with Crippen molar-refractivity contribution in [3.05, 3.63) is 75.3 Å². The molecule has 0 saturated carbocycles. The van der Waals surface area contributed by atoms with E-state index in [2.05, 4.69) is 16.0 Å². The molecule has 0 radical (unpaired) electrons. The van der Waals surface area contributed by atoms with Gasteiger partial charge in [0.05, 0.1) is 23.9 Å². The number of fused-ring (bicyclic) bond motifs is 4. The molecular weight excluding hydrogens is 378 g/mol. The van der Waals surface area contributed by atoms with E-state index in [1.807, 2.05) is 18.2 Å². The summed E-state index contributed by atoms with van der Waals surface area (Å²) >= 11 is 5.98. The van der Waals surface area contributed by atoms with E-state index in [0.29, 0.717) is 36.1 Å². The van der Waals surface area contributed by atoms with E-state index in [0.717, 1.165) is 17.9 Å². The molecule has 0 spiro atoms. The van der Waals surface area contributed by atoms with E-state index in [-0.39, 0.29) is 23.5 Å². The maximum atomic E-state index is 12.4. The highest BCUT2D eigenvalue weighted by Gasteiger charge is 2.50. The number of hydrogen-bond donors (Lipinski definition) is 1. The number of likely N-dealkylation sites (tertiary alicyclic amines) is 1. The van der Waals surface area contributed by atoms with Crippen molar-refractivity contribution in [3.63, 3.8) is 0 Å². The molecule has 1 fully saturated rings. The van der Waals surface area contributed by atoms with Crippen LogP contribution in [0.15, 0.2) is 53.5 Å². The Morgan fingerprint density at radius 3 is 3.00 bits per heavy atom. The topological polar surface area (TPSA) is 67.1 Å². The Morgan fingerprint density at radius 1 is 1.29 bits per heavy atom. The summed E-state index contributed by atoms with van der Waals surface area (Å²) < 4.78 is 7.40. The van der Waals surface area contributed by atoms with Crippen LogP contribution in [0.1, 0.15) is 17.2 Å². The van der Waals surface area contributed by atoms with Crippen molar-refractivity contribution in [3.8, 4) is 5.75 Å². The lowest BCUT2D eigenvalue weighted by Gasteiger charge is -2.38. The van der Waals surface area contributed by atoms with E-state index in [1.165, 1.54) is 4.40 Å². The molecule has 1 aromatic carbocycles. The van der Waals surface area contributed by atoms with Crippen LogP contribution in [0, 0.1) is 5.41 Å². The van der Waals surface area contributed by atoms with Crippen molar-refractivity contribution < 1.29 is 9.84 Å². The average Bonchev–Trinajstić information content (AvgIpc) is 3.08. The van der Waals surface area contributed by atoms with Crippen LogP contribution >= 0.6 is 11.6 Å². The van der Waals surface area contributed by atoms with E-state index < -0.39 is 0 Å². The fourth-order valence-electron chi connectivity index (χ4n) is 4.53. The molecule has 28 heavy (non-hydrogen) atoms. The normalized spacial score (nSPS) is 24.0. The number of nitrogens with zero attached hydrogens (tertiary/aromatic N) is 3. The van der Waals surface area contributed by atoms with Crippen molar-refractivity contribution in [1.29, 1.82) is 0 Å². The van der Waals surface area contributed by atoms with Gasteiger partial charge in [-0.25, -0.2) is 4.98 Å². The molecule has 144 valence electrons. The van der Waals surface area contributed by atoms with Gasteiger partial charge in [0, 0.05) is 43.2 Å². The van der Waals surface area contributed by atoms with Gasteiger partial charge in [-0.1, -0.05) is 29.8 Å². The van der Waals surface area contributed by atoms with Crippen molar-refractivity contribution >= 4 is 17.2 Å². The van der Waals surface area contributed by atoms with Gasteiger partial charge in [0.1, 0.15) is 11.4 Å². The van der Waals surface area contributed by atoms with Gasteiger partial charge in [0.25, 0.3) is 5.56 Å². The fourth-order valence-corrected chi connectivity index (χ4v) is 4.69. The summed E-state index contributed by atoms with van der Waals surface area (Å²) in [6, 6.07) is 13.1. The highest BCUT2D eigenvalue weighted by molar-refractivity contribution is 6.30. The smallest absolute Gasteiger partial charge is 0.258 e. The van der Waals surface area contributed by atoms with Crippen LogP contribution < -0.4 is 10.3 Å². The standard InChI is InChI=1S/C21H20ClN3O3/c22-14-5-6-19-23-15(7-20(27)25(19)8-14)9-24-10-17-16-3-1-2-4-18(16)28-13-21(17,11-24)12-26/h1-8,17,26H,9-13H2/t17-,21-/m1/s1. The molecule has 0 unspecified atom stereocenters. The maximum absolute atomic E-state index is 12.4. The molecule has 5 rings (SSSR count). The van der Waals surface area contributed by atoms with Gasteiger partial charge in [-0.15, -0.1) is 0 Å². The second-order valence-electron chi connectivity index (χ2n) is 7.73. The second kappa shape index (κ2) is 6.58. The Bertz CT molecular complexity index is 1120. The predicted molar refractivity (Wildman–Crippen MR) is 106 cm³/mol. The van der Waals surface area contributed by atoms with Crippen molar-refractivity contribution in [2.24, 2.45) is 5.41 Å². The van der Waals surface area contributed by atoms with E-state index in [9.17, 15) is 9.90 Å². The third kappa shape index (κ3) is 2.80. The van der Waals surface area contributed by atoms with Gasteiger partial charge in [0.2, 0.25) is 0 Å². The minimum absolute atomic E-state index is 0.0643. The first-order valence-corrected chi connectivity index (χ1v) is 9.69. The number of aromatic nitrogens is 2. The summed E-state index contributed by atoms with van der Waals surface area (Å²) in [5.41, 5.74) is 1.96. The lowest BCUT2D eigenvalue weighted by Crippen LogP contribution is -2.42. The third-order valence-electron chi connectivity index (χ3n) is 5.91. The monoisotopic (exact) mass is 397 g/mol. The van der Waals surface area contributed by atoms with Gasteiger partial charge >= 0.3 is 0 Å². The molecule has 2 aromatic heterocycles. The van der Waals surface area contributed by atoms with E-state index >= 15 is 0 Å². The third-order valence-corrected chi connectivity index (χ3v) is 6.13. The Hall–Kier alpha value is -2.41. The number of para-hydroxylation sites is 1. The molecule has 2 aliphatic heterocycles. The number of aliphatic hydroxyl groups is 1. The quantitative estimate of drug-likeness (QED) is 0.734. The molecule has 2 aliphatic rings. The zero-order valence-corrected chi connectivity index (χ0v) is 16.0. The van der Waals surface area contributed by atoms with Gasteiger partial charge in [-0.2, -0.15) is 0 Å². The molecule has 4 heterocycles. The first-order valence-electron chi connectivity index (χ1n) is 9.31. The lowest BCUT2D eigenvalue weighted by atomic mass is 9.74. The Morgan fingerprint density at radius 2 is 2.14 bits per heavy atom. The van der Waals surface area contributed by atoms with Crippen LogP contribution in [0.4, 0.5) is 0 Å². The molecule has 0 aliphatic carbocycles. The zero-order chi connectivity index (χ0) is 19.3. The molecule has 7 heteroatoms. The molecule has 2 atom stereocenters. The summed E-state index contributed by atoms with van der Waals surface area (Å²) in [6.45, 7) is 2.60. The highest BCUT2D eigenvalue weighted by Crippen LogP contribution is 2.49. The summed E-state index contributed by atoms with van der Waals surface area (Å²) in [7, 11) is 0. The molecule has 0 bridgehead atoms. The summed E-state index contributed by atoms with van der Waals surface area (Å²) in [5, 5.41) is 10.7. The van der Waals surface area contributed by atoms with Crippen LogP contribution in [0.2, 0.25) is 5.02 Å². The minimum Gasteiger partial charge on any atom is -0.493 e. The van der Waals surface area contributed by atoms with Crippen LogP contribution in [-0.2, 0) is 6.54 Å². The molecule has 0 amide bonds. The Balaban J connectivity index is 1.45. The molecular formula is C21H20ClN3O3. The van der Waals surface area contributed by atoms with Crippen LogP contribution in [0.25, 0.3) is 5.65 Å². The number of pyridine rings is 1. The van der Waals surface area contributed by atoms with Crippen molar-refractivity contribution in [2.45, 2.75) is 12.5 Å². The average molecular weight is 398 g/mol. The lowest BCUT2D eigenvalue weighted by molar-refractivity contribution is 0.0457. The number of benzene rings is 1. The van der Waals surface area contributed by atoms with E-state index in [1.54, 1.807) is 24.4 Å². The number of rotatable bonds is 3. The minimum atomic E-state index is -0.326. The molecule has 1 N–H and O–H groups in total. The van der Waals surface area contributed by atoms with Crippen molar-refractivity contribution in [2.75, 3.05) is 26.3 Å². The maximum Gasteiger partial charge on any atom is 0.258 e. The van der Waals surface area contributed by atoms with Gasteiger partial charge < -0.3 is 9.84 Å². The largest absolute Gasteiger partial charge is 0.493 e. The second-order valence-corrected chi connectivity index (χ2v) is 8.17. The predicted octanol–water partition coefficient (Wildman–Crippen LogP) is 2.32. The fraction of sp³-hybridized carbons (Fsp3) is 0.333. The van der Waals surface area contributed by atoms with Gasteiger partial charge in [-0.3, -0.25) is 14.1 Å². The summed E-state index contributed by atoms with van der Waals surface area (Å²) in [4.78, 5) is 19.3. The van der Waals surface area contributed by atoms with E-state index in [4.69, 9.17) is 16.3 Å². The van der Waals surface area contributed by atoms with Crippen LogP contribution in [0.5, 0.6) is 5.75 Å². The molecule has 1 saturated heterocycles. The number of halogens is 1. The summed E-state index contributed by atoms with van der Waals surface area (Å²) in [6.07, 6.45) is 1.58. The van der Waals surface area contributed by atoms with Crippen LogP contribution in [0.3, 0.4) is 0 Å². The summed E-state index contributed by atoms with van der Waals surface area (Å²) in [5.74, 6) is 1.10. The number of ether oxygens (including phenoxy) is 1. The van der Waals surface area contributed by atoms with Gasteiger partial charge in [0.15, 0.2) is 0 Å². The number of aliphatic hydroxyl groups excluding tert-OH is 1. The SMILES string of the molecule is O=c1cc(CN2C[C@@H]3c4ccccc4OC[C@]3(CO)C2)nc2ccc(Cl)cn12. The van der Waals surface area contributed by atoms with Crippen molar-refractivity contribution in [1.82, 2.24) is 14.3 Å². The first-order chi connectivity index (χ1) is 13.6. The highest BCUT2D eigenvalue weighted by atomic mass is 35.5. The number of hydrogen-bond acceptors (Lipinski definition) is 5. The van der Waals surface area contributed by atoms with Crippen LogP contribution in [-0.4, -0.2) is 45.7 Å². The molecule has 6 nitrogen and oxygen atoms in total. The Kier molecular flexibility index (Phi) is 4.16. The zero-order valence-electron chi connectivity index (χ0n) is 15.2.